The van der Waals surface area contributed by atoms with E-state index >= 15 is 0 Å². The first kappa shape index (κ1) is 25.7. The minimum atomic E-state index is -5.56. The third-order valence-electron chi connectivity index (χ3n) is 5.38. The van der Waals surface area contributed by atoms with Crippen molar-refractivity contribution in [1.82, 2.24) is 14.1 Å². The van der Waals surface area contributed by atoms with E-state index in [1.54, 1.807) is 18.2 Å². The Hall–Kier alpha value is -4.39. The number of sulfone groups is 1. The summed E-state index contributed by atoms with van der Waals surface area (Å²) in [4.78, 5) is 28.5. The van der Waals surface area contributed by atoms with E-state index in [-0.39, 0.29) is 24.6 Å². The molecule has 4 aromatic rings. The molecule has 37 heavy (non-hydrogen) atoms. The van der Waals surface area contributed by atoms with Crippen LogP contribution >= 0.6 is 0 Å². The number of amides is 1. The Morgan fingerprint density at radius 3 is 2.35 bits per heavy atom. The zero-order valence-electron chi connectivity index (χ0n) is 18.9. The van der Waals surface area contributed by atoms with Crippen molar-refractivity contribution in [3.63, 3.8) is 0 Å². The molecule has 0 spiro atoms. The number of anilines is 1. The average molecular weight is 533 g/mol. The molecule has 13 heteroatoms. The molecule has 0 unspecified atom stereocenters. The quantitative estimate of drug-likeness (QED) is 0.377. The Bertz CT molecular complexity index is 1600. The number of benzene rings is 2. The SMILES string of the molecule is O=C(Cc1ccccc1)Nc1cnccc1Cn1cc(O)n(-c2ccc(S(=O)(=O)C(F)(F)F)cc2)c1=O. The third kappa shape index (κ3) is 5.40. The number of aromatic nitrogens is 3. The van der Waals surface area contributed by atoms with Crippen LogP contribution in [0.1, 0.15) is 11.1 Å². The van der Waals surface area contributed by atoms with Crippen molar-refractivity contribution in [2.24, 2.45) is 0 Å². The van der Waals surface area contributed by atoms with E-state index in [0.717, 1.165) is 33.0 Å². The minimum absolute atomic E-state index is 0.0477. The Morgan fingerprint density at radius 1 is 1.03 bits per heavy atom. The van der Waals surface area contributed by atoms with Crippen LogP contribution < -0.4 is 11.0 Å². The Morgan fingerprint density at radius 2 is 1.70 bits per heavy atom. The number of hydrogen-bond acceptors (Lipinski definition) is 6. The van der Waals surface area contributed by atoms with Gasteiger partial charge in [0.2, 0.25) is 11.8 Å². The minimum Gasteiger partial charge on any atom is -0.493 e. The molecule has 0 bridgehead atoms. The zero-order valence-corrected chi connectivity index (χ0v) is 19.7. The number of alkyl halides is 3. The van der Waals surface area contributed by atoms with Crippen LogP contribution in [0.15, 0.2) is 88.9 Å². The summed E-state index contributed by atoms with van der Waals surface area (Å²) in [5.74, 6) is -0.831. The van der Waals surface area contributed by atoms with Crippen LogP contribution in [0.3, 0.4) is 0 Å². The van der Waals surface area contributed by atoms with Crippen molar-refractivity contribution in [3.8, 4) is 11.6 Å². The van der Waals surface area contributed by atoms with Crippen molar-refractivity contribution in [3.05, 3.63) is 101 Å². The molecule has 192 valence electrons. The highest BCUT2D eigenvalue weighted by molar-refractivity contribution is 7.92. The molecule has 0 fully saturated rings. The average Bonchev–Trinajstić information content (AvgIpc) is 3.12. The second-order valence-corrected chi connectivity index (χ2v) is 9.86. The second-order valence-electron chi connectivity index (χ2n) is 7.92. The summed E-state index contributed by atoms with van der Waals surface area (Å²) < 4.78 is 63.4. The van der Waals surface area contributed by atoms with Gasteiger partial charge in [0.05, 0.1) is 41.6 Å². The van der Waals surface area contributed by atoms with Gasteiger partial charge in [0.1, 0.15) is 0 Å². The lowest BCUT2D eigenvalue weighted by Gasteiger charge is -2.11. The molecular formula is C24H19F3N4O5S. The number of aromatic hydroxyl groups is 1. The summed E-state index contributed by atoms with van der Waals surface area (Å²) in [6.07, 6.45) is 4.11. The largest absolute Gasteiger partial charge is 0.501 e. The molecule has 2 aromatic carbocycles. The fraction of sp³-hybridized carbons (Fsp3) is 0.125. The van der Waals surface area contributed by atoms with Gasteiger partial charge < -0.3 is 10.4 Å². The van der Waals surface area contributed by atoms with Crippen LogP contribution in [-0.4, -0.2) is 39.1 Å². The first-order valence-corrected chi connectivity index (χ1v) is 12.2. The maximum atomic E-state index is 13.0. The van der Waals surface area contributed by atoms with E-state index in [1.807, 2.05) is 18.2 Å². The van der Waals surface area contributed by atoms with Gasteiger partial charge in [-0.1, -0.05) is 30.3 Å². The summed E-state index contributed by atoms with van der Waals surface area (Å²) in [7, 11) is -5.56. The lowest BCUT2D eigenvalue weighted by Crippen LogP contribution is -2.25. The number of nitrogens with one attached hydrogen (secondary N) is 1. The molecular weight excluding hydrogens is 513 g/mol. The summed E-state index contributed by atoms with van der Waals surface area (Å²) in [5.41, 5.74) is -4.62. The topological polar surface area (TPSA) is 123 Å². The van der Waals surface area contributed by atoms with Crippen LogP contribution in [0.2, 0.25) is 0 Å². The number of pyridine rings is 1. The monoisotopic (exact) mass is 532 g/mol. The van der Waals surface area contributed by atoms with Crippen LogP contribution in [0.25, 0.3) is 5.69 Å². The Labute approximate surface area is 208 Å². The van der Waals surface area contributed by atoms with E-state index in [0.29, 0.717) is 23.4 Å². The van der Waals surface area contributed by atoms with Crippen LogP contribution in [0.5, 0.6) is 5.88 Å². The van der Waals surface area contributed by atoms with Crippen molar-refractivity contribution in [1.29, 1.82) is 0 Å². The Balaban J connectivity index is 1.57. The van der Waals surface area contributed by atoms with E-state index in [1.165, 1.54) is 12.4 Å². The van der Waals surface area contributed by atoms with Gasteiger partial charge in [-0.05, 0) is 41.5 Å². The number of carbonyl (C=O) groups excluding carboxylic acids is 1. The summed E-state index contributed by atoms with van der Waals surface area (Å²) in [5, 5.41) is 13.1. The van der Waals surface area contributed by atoms with Gasteiger partial charge in [-0.15, -0.1) is 0 Å². The molecule has 1 amide bonds. The fourth-order valence-corrected chi connectivity index (χ4v) is 4.34. The van der Waals surface area contributed by atoms with Gasteiger partial charge in [0, 0.05) is 6.20 Å². The van der Waals surface area contributed by atoms with Gasteiger partial charge >= 0.3 is 11.2 Å². The molecule has 0 aliphatic heterocycles. The van der Waals surface area contributed by atoms with Gasteiger partial charge in [-0.25, -0.2) is 17.8 Å². The highest BCUT2D eigenvalue weighted by Gasteiger charge is 2.46. The van der Waals surface area contributed by atoms with Crippen LogP contribution in [0.4, 0.5) is 18.9 Å². The molecule has 0 saturated heterocycles. The van der Waals surface area contributed by atoms with Crippen molar-refractivity contribution >= 4 is 21.4 Å². The number of hydrogen-bond donors (Lipinski definition) is 2. The Kier molecular flexibility index (Phi) is 6.90. The van der Waals surface area contributed by atoms with Gasteiger partial charge in [-0.2, -0.15) is 13.2 Å². The van der Waals surface area contributed by atoms with Crippen molar-refractivity contribution in [2.75, 3.05) is 5.32 Å². The van der Waals surface area contributed by atoms with Gasteiger partial charge in [0.25, 0.3) is 9.84 Å². The molecule has 0 saturated carbocycles. The van der Waals surface area contributed by atoms with E-state index in [2.05, 4.69) is 10.3 Å². The maximum Gasteiger partial charge on any atom is 0.501 e. The van der Waals surface area contributed by atoms with Gasteiger partial charge in [-0.3, -0.25) is 14.3 Å². The number of imidazole rings is 1. The van der Waals surface area contributed by atoms with Crippen molar-refractivity contribution in [2.45, 2.75) is 23.4 Å². The lowest BCUT2D eigenvalue weighted by atomic mass is 10.1. The third-order valence-corrected chi connectivity index (χ3v) is 6.88. The van der Waals surface area contributed by atoms with Crippen molar-refractivity contribution < 1.29 is 31.5 Å². The number of carbonyl (C=O) groups is 1. The first-order valence-electron chi connectivity index (χ1n) is 10.7. The summed E-state index contributed by atoms with van der Waals surface area (Å²) >= 11 is 0. The van der Waals surface area contributed by atoms with Crippen LogP contribution in [0, 0.1) is 0 Å². The van der Waals surface area contributed by atoms with Crippen LogP contribution in [-0.2, 0) is 27.6 Å². The predicted octanol–water partition coefficient (Wildman–Crippen LogP) is 3.26. The van der Waals surface area contributed by atoms with E-state index in [4.69, 9.17) is 0 Å². The highest BCUT2D eigenvalue weighted by atomic mass is 32.2. The molecule has 9 nitrogen and oxygen atoms in total. The lowest BCUT2D eigenvalue weighted by molar-refractivity contribution is -0.115. The molecule has 4 rings (SSSR count). The summed E-state index contributed by atoms with van der Waals surface area (Å²) in [6, 6.07) is 14.0. The zero-order chi connectivity index (χ0) is 26.8. The van der Waals surface area contributed by atoms with E-state index < -0.39 is 31.8 Å². The smallest absolute Gasteiger partial charge is 0.493 e. The first-order chi connectivity index (χ1) is 17.5. The molecule has 0 aliphatic rings. The maximum absolute atomic E-state index is 13.0. The number of nitrogens with zero attached hydrogens (tertiary/aromatic N) is 3. The molecule has 0 atom stereocenters. The molecule has 2 N–H and O–H groups in total. The number of halogens is 3. The molecule has 2 aromatic heterocycles. The normalized spacial score (nSPS) is 11.9. The highest BCUT2D eigenvalue weighted by Crippen LogP contribution is 2.30. The second kappa shape index (κ2) is 9.93. The summed E-state index contributed by atoms with van der Waals surface area (Å²) in [6.45, 7) is -0.0800. The van der Waals surface area contributed by atoms with Gasteiger partial charge in [0.15, 0.2) is 0 Å². The molecule has 2 heterocycles. The number of rotatable bonds is 7. The fourth-order valence-electron chi connectivity index (χ4n) is 3.58. The standard InChI is InChI=1S/C24H19F3N4O5S/c25-24(26,27)37(35,36)19-8-6-18(7-9-19)31-22(33)15-30(23(31)34)14-17-10-11-28-13-20(17)29-21(32)12-16-4-2-1-3-5-16/h1-11,13,15,33H,12,14H2,(H,29,32). The predicted molar refractivity (Wildman–Crippen MR) is 127 cm³/mol. The molecule has 0 aliphatic carbocycles. The molecule has 0 radical (unpaired) electrons. The van der Waals surface area contributed by atoms with E-state index in [9.17, 15) is 36.3 Å².